The van der Waals surface area contributed by atoms with E-state index in [0.717, 1.165) is 24.1 Å². The van der Waals surface area contributed by atoms with Crippen LogP contribution in [0.1, 0.15) is 12.0 Å². The first-order valence-corrected chi connectivity index (χ1v) is 5.79. The highest BCUT2D eigenvalue weighted by Gasteiger charge is 2.04. The Balaban J connectivity index is 2.03. The van der Waals surface area contributed by atoms with Gasteiger partial charge in [-0.05, 0) is 30.5 Å². The van der Waals surface area contributed by atoms with Gasteiger partial charge in [0.25, 0.3) is 0 Å². The molecule has 1 heterocycles. The molecule has 0 spiro atoms. The van der Waals surface area contributed by atoms with Crippen LogP contribution in [-0.4, -0.2) is 27.3 Å². The van der Waals surface area contributed by atoms with Gasteiger partial charge in [0.15, 0.2) is 0 Å². The quantitative estimate of drug-likeness (QED) is 0.864. The van der Waals surface area contributed by atoms with Crippen LogP contribution in [0, 0.1) is 0 Å². The molecule has 0 fully saturated rings. The molecule has 1 amide bonds. The lowest BCUT2D eigenvalue weighted by Gasteiger charge is -2.07. The number of nitrogens with one attached hydrogen (secondary N) is 1. The first kappa shape index (κ1) is 12.3. The molecule has 0 radical (unpaired) electrons. The lowest BCUT2D eigenvalue weighted by molar-refractivity contribution is 0.253. The highest BCUT2D eigenvalue weighted by Crippen LogP contribution is 2.12. The van der Waals surface area contributed by atoms with Crippen molar-refractivity contribution in [3.63, 3.8) is 0 Å². The predicted molar refractivity (Wildman–Crippen MR) is 68.5 cm³/mol. The van der Waals surface area contributed by atoms with Gasteiger partial charge in [0.1, 0.15) is 6.33 Å². The van der Waals surface area contributed by atoms with E-state index in [9.17, 15) is 4.79 Å². The van der Waals surface area contributed by atoms with E-state index in [0.29, 0.717) is 0 Å². The number of aliphatic hydroxyl groups is 1. The summed E-state index contributed by atoms with van der Waals surface area (Å²) >= 11 is 0. The standard InChI is InChI=1S/C13H15N3O2/c17-8-2-4-11-3-1-5-12(9-11)15-13(18)16-7-6-14-10-16/h1,3,5-7,9-10,17H,2,4,8H2,(H,15,18). The Kier molecular flexibility index (Phi) is 4.09. The van der Waals surface area contributed by atoms with E-state index in [1.54, 1.807) is 12.4 Å². The number of benzene rings is 1. The molecule has 0 aliphatic rings. The summed E-state index contributed by atoms with van der Waals surface area (Å²) in [4.78, 5) is 15.6. The highest BCUT2D eigenvalue weighted by molar-refractivity contribution is 5.90. The number of anilines is 1. The summed E-state index contributed by atoms with van der Waals surface area (Å²) in [6.45, 7) is 0.172. The van der Waals surface area contributed by atoms with Gasteiger partial charge in [-0.15, -0.1) is 0 Å². The number of hydrogen-bond donors (Lipinski definition) is 2. The molecular formula is C13H15N3O2. The first-order chi connectivity index (χ1) is 8.79. The predicted octanol–water partition coefficient (Wildman–Crippen LogP) is 1.89. The molecule has 2 aromatic rings. The van der Waals surface area contributed by atoms with Crippen molar-refractivity contribution in [2.45, 2.75) is 12.8 Å². The molecule has 2 rings (SSSR count). The summed E-state index contributed by atoms with van der Waals surface area (Å²) < 4.78 is 1.38. The van der Waals surface area contributed by atoms with Gasteiger partial charge in [-0.2, -0.15) is 0 Å². The molecule has 0 saturated carbocycles. The minimum Gasteiger partial charge on any atom is -0.396 e. The highest BCUT2D eigenvalue weighted by atomic mass is 16.2. The molecule has 0 bridgehead atoms. The summed E-state index contributed by atoms with van der Waals surface area (Å²) in [6.07, 6.45) is 6.11. The fourth-order valence-corrected chi connectivity index (χ4v) is 1.66. The molecule has 5 heteroatoms. The number of rotatable bonds is 4. The van der Waals surface area contributed by atoms with Crippen molar-refractivity contribution in [2.75, 3.05) is 11.9 Å². The van der Waals surface area contributed by atoms with Crippen molar-refractivity contribution in [3.8, 4) is 0 Å². The average Bonchev–Trinajstić information content (AvgIpc) is 2.91. The number of carbonyl (C=O) groups excluding carboxylic acids is 1. The summed E-state index contributed by atoms with van der Waals surface area (Å²) in [6, 6.07) is 7.35. The van der Waals surface area contributed by atoms with Crippen LogP contribution >= 0.6 is 0 Å². The molecule has 0 aliphatic heterocycles. The van der Waals surface area contributed by atoms with Crippen molar-refractivity contribution >= 4 is 11.7 Å². The van der Waals surface area contributed by atoms with Crippen molar-refractivity contribution in [2.24, 2.45) is 0 Å². The van der Waals surface area contributed by atoms with E-state index < -0.39 is 0 Å². The van der Waals surface area contributed by atoms with Crippen molar-refractivity contribution in [1.82, 2.24) is 9.55 Å². The monoisotopic (exact) mass is 245 g/mol. The van der Waals surface area contributed by atoms with Gasteiger partial charge in [-0.3, -0.25) is 4.57 Å². The SMILES string of the molecule is O=C(Nc1cccc(CCCO)c1)n1ccnc1. The summed E-state index contributed by atoms with van der Waals surface area (Å²) in [7, 11) is 0. The second-order valence-corrected chi connectivity index (χ2v) is 3.93. The number of amides is 1. The molecule has 0 atom stereocenters. The number of nitrogens with zero attached hydrogens (tertiary/aromatic N) is 2. The van der Waals surface area contributed by atoms with Crippen LogP contribution in [-0.2, 0) is 6.42 Å². The third kappa shape index (κ3) is 3.18. The van der Waals surface area contributed by atoms with Crippen LogP contribution < -0.4 is 5.32 Å². The van der Waals surface area contributed by atoms with Gasteiger partial charge in [0, 0.05) is 24.7 Å². The second-order valence-electron chi connectivity index (χ2n) is 3.93. The summed E-state index contributed by atoms with van der Waals surface area (Å²) in [5.41, 5.74) is 1.83. The zero-order valence-electron chi connectivity index (χ0n) is 9.91. The van der Waals surface area contributed by atoms with Crippen LogP contribution in [0.15, 0.2) is 43.0 Å². The lowest BCUT2D eigenvalue weighted by Crippen LogP contribution is -2.17. The van der Waals surface area contributed by atoms with E-state index in [1.807, 2.05) is 24.3 Å². The summed E-state index contributed by atoms with van der Waals surface area (Å²) in [5, 5.41) is 11.6. The van der Waals surface area contributed by atoms with E-state index in [4.69, 9.17) is 5.11 Å². The minimum atomic E-state index is -0.244. The van der Waals surface area contributed by atoms with Gasteiger partial charge in [0.2, 0.25) is 0 Å². The number of imidazole rings is 1. The zero-order chi connectivity index (χ0) is 12.8. The van der Waals surface area contributed by atoms with Crippen molar-refractivity contribution < 1.29 is 9.90 Å². The van der Waals surface area contributed by atoms with Gasteiger partial charge in [0.05, 0.1) is 0 Å². The maximum atomic E-state index is 11.8. The molecule has 1 aromatic heterocycles. The third-order valence-corrected chi connectivity index (χ3v) is 2.54. The van der Waals surface area contributed by atoms with Crippen molar-refractivity contribution in [3.05, 3.63) is 48.5 Å². The molecule has 0 saturated heterocycles. The number of aryl methyl sites for hydroxylation is 1. The number of hydrogen-bond acceptors (Lipinski definition) is 3. The number of aromatic nitrogens is 2. The Labute approximate surface area is 105 Å². The van der Waals surface area contributed by atoms with E-state index in [-0.39, 0.29) is 12.6 Å². The van der Waals surface area contributed by atoms with E-state index in [1.165, 1.54) is 10.9 Å². The normalized spacial score (nSPS) is 10.3. The molecular weight excluding hydrogens is 230 g/mol. The van der Waals surface area contributed by atoms with Gasteiger partial charge < -0.3 is 10.4 Å². The molecule has 0 unspecified atom stereocenters. The maximum Gasteiger partial charge on any atom is 0.331 e. The van der Waals surface area contributed by atoms with Crippen LogP contribution in [0.25, 0.3) is 0 Å². The molecule has 5 nitrogen and oxygen atoms in total. The number of carbonyl (C=O) groups is 1. The molecule has 1 aromatic carbocycles. The van der Waals surface area contributed by atoms with Crippen LogP contribution in [0.2, 0.25) is 0 Å². The fraction of sp³-hybridized carbons (Fsp3) is 0.231. The Morgan fingerprint density at radius 1 is 1.44 bits per heavy atom. The van der Waals surface area contributed by atoms with Crippen LogP contribution in [0.4, 0.5) is 10.5 Å². The Bertz CT molecular complexity index is 509. The third-order valence-electron chi connectivity index (χ3n) is 2.54. The largest absolute Gasteiger partial charge is 0.396 e. The average molecular weight is 245 g/mol. The van der Waals surface area contributed by atoms with Crippen molar-refractivity contribution in [1.29, 1.82) is 0 Å². The van der Waals surface area contributed by atoms with Gasteiger partial charge in [-0.1, -0.05) is 12.1 Å². The van der Waals surface area contributed by atoms with E-state index in [2.05, 4.69) is 10.3 Å². The molecule has 18 heavy (non-hydrogen) atoms. The smallest absolute Gasteiger partial charge is 0.331 e. The number of aliphatic hydroxyl groups excluding tert-OH is 1. The molecule has 0 aliphatic carbocycles. The topological polar surface area (TPSA) is 67.2 Å². The van der Waals surface area contributed by atoms with Gasteiger partial charge in [-0.25, -0.2) is 9.78 Å². The van der Waals surface area contributed by atoms with Crippen LogP contribution in [0.5, 0.6) is 0 Å². The van der Waals surface area contributed by atoms with Crippen LogP contribution in [0.3, 0.4) is 0 Å². The zero-order valence-corrected chi connectivity index (χ0v) is 9.91. The molecule has 2 N–H and O–H groups in total. The minimum absolute atomic E-state index is 0.172. The van der Waals surface area contributed by atoms with E-state index >= 15 is 0 Å². The molecule has 94 valence electrons. The Morgan fingerprint density at radius 3 is 3.06 bits per heavy atom. The first-order valence-electron chi connectivity index (χ1n) is 5.79. The Hall–Kier alpha value is -2.14. The fourth-order valence-electron chi connectivity index (χ4n) is 1.66. The Morgan fingerprint density at radius 2 is 2.33 bits per heavy atom. The van der Waals surface area contributed by atoms with Gasteiger partial charge >= 0.3 is 6.03 Å². The summed E-state index contributed by atoms with van der Waals surface area (Å²) in [5.74, 6) is 0. The maximum absolute atomic E-state index is 11.8. The second kappa shape index (κ2) is 5.97. The lowest BCUT2D eigenvalue weighted by atomic mass is 10.1.